The minimum atomic E-state index is -0.994. The molecule has 1 aliphatic rings. The van der Waals surface area contributed by atoms with Gasteiger partial charge in [0, 0.05) is 38.9 Å². The molecule has 0 radical (unpaired) electrons. The van der Waals surface area contributed by atoms with Crippen LogP contribution in [0.5, 0.6) is 0 Å². The molecule has 1 saturated carbocycles. The molecule has 0 aliphatic heterocycles. The quantitative estimate of drug-likeness (QED) is 0.647. The molecule has 2 aromatic carbocycles. The van der Waals surface area contributed by atoms with Crippen molar-refractivity contribution >= 4 is 17.6 Å². The number of halogens is 1. The van der Waals surface area contributed by atoms with Crippen molar-refractivity contribution in [2.24, 2.45) is 0 Å². The Morgan fingerprint density at radius 1 is 1.00 bits per heavy atom. The van der Waals surface area contributed by atoms with Gasteiger partial charge in [-0.2, -0.15) is 0 Å². The zero-order valence-electron chi connectivity index (χ0n) is 17.9. The standard InChI is InChI=1S/C24H29FN2O3/c1-26(2)19-12-10-18(11-13-19)16-27(3)22(28)17-30-23(29)24(14-6-7-15-24)20-8-4-5-9-21(20)25/h4-5,8-13H,6-7,14-17H2,1-3H3. The molecule has 1 fully saturated rings. The number of carbonyl (C=O) groups excluding carboxylic acids is 2. The third-order valence-corrected chi connectivity index (χ3v) is 5.86. The van der Waals surface area contributed by atoms with Gasteiger partial charge in [0.1, 0.15) is 5.82 Å². The number of likely N-dealkylation sites (N-methyl/N-ethyl adjacent to an activating group) is 1. The fourth-order valence-corrected chi connectivity index (χ4v) is 4.05. The third-order valence-electron chi connectivity index (χ3n) is 5.86. The molecule has 3 rings (SSSR count). The van der Waals surface area contributed by atoms with Gasteiger partial charge < -0.3 is 14.5 Å². The lowest BCUT2D eigenvalue weighted by molar-refractivity contribution is -0.157. The first-order chi connectivity index (χ1) is 14.3. The first kappa shape index (κ1) is 21.8. The number of benzene rings is 2. The Labute approximate surface area is 177 Å². The van der Waals surface area contributed by atoms with E-state index in [1.165, 1.54) is 11.0 Å². The van der Waals surface area contributed by atoms with Crippen LogP contribution in [0.25, 0.3) is 0 Å². The van der Waals surface area contributed by atoms with Crippen LogP contribution in [0.15, 0.2) is 48.5 Å². The highest BCUT2D eigenvalue weighted by Crippen LogP contribution is 2.43. The molecule has 6 heteroatoms. The van der Waals surface area contributed by atoms with E-state index in [9.17, 15) is 14.0 Å². The number of amides is 1. The summed E-state index contributed by atoms with van der Waals surface area (Å²) in [7, 11) is 5.62. The highest BCUT2D eigenvalue weighted by Gasteiger charge is 2.46. The van der Waals surface area contributed by atoms with E-state index < -0.39 is 17.2 Å². The van der Waals surface area contributed by atoms with E-state index in [2.05, 4.69) is 0 Å². The molecule has 5 nitrogen and oxygen atoms in total. The smallest absolute Gasteiger partial charge is 0.317 e. The van der Waals surface area contributed by atoms with Crippen molar-refractivity contribution in [3.8, 4) is 0 Å². The average Bonchev–Trinajstić information content (AvgIpc) is 3.23. The molecule has 0 unspecified atom stereocenters. The van der Waals surface area contributed by atoms with Crippen molar-refractivity contribution in [3.05, 3.63) is 65.5 Å². The Bertz CT molecular complexity index is 890. The van der Waals surface area contributed by atoms with Gasteiger partial charge in [-0.3, -0.25) is 9.59 Å². The predicted octanol–water partition coefficient (Wildman–Crippen LogP) is 3.91. The summed E-state index contributed by atoms with van der Waals surface area (Å²) < 4.78 is 19.8. The van der Waals surface area contributed by atoms with Gasteiger partial charge in [0.05, 0.1) is 5.41 Å². The second kappa shape index (κ2) is 9.28. The van der Waals surface area contributed by atoms with Crippen LogP contribution in [-0.2, 0) is 26.3 Å². The van der Waals surface area contributed by atoms with Crippen LogP contribution in [0.1, 0.15) is 36.8 Å². The minimum Gasteiger partial charge on any atom is -0.455 e. The van der Waals surface area contributed by atoms with Gasteiger partial charge in [0.2, 0.25) is 0 Å². The summed E-state index contributed by atoms with van der Waals surface area (Å²) in [6, 6.07) is 14.3. The van der Waals surface area contributed by atoms with Crippen molar-refractivity contribution in [2.75, 3.05) is 32.6 Å². The average molecular weight is 413 g/mol. The normalized spacial score (nSPS) is 14.9. The number of anilines is 1. The Morgan fingerprint density at radius 3 is 2.23 bits per heavy atom. The lowest BCUT2D eigenvalue weighted by Gasteiger charge is -2.28. The lowest BCUT2D eigenvalue weighted by atomic mass is 9.78. The van der Waals surface area contributed by atoms with E-state index in [4.69, 9.17) is 4.74 Å². The topological polar surface area (TPSA) is 49.9 Å². The van der Waals surface area contributed by atoms with Crippen LogP contribution in [0, 0.1) is 5.82 Å². The van der Waals surface area contributed by atoms with E-state index in [0.717, 1.165) is 24.1 Å². The Kier molecular flexibility index (Phi) is 6.75. The van der Waals surface area contributed by atoms with Crippen molar-refractivity contribution in [1.82, 2.24) is 4.90 Å². The first-order valence-corrected chi connectivity index (χ1v) is 10.3. The molecule has 0 bridgehead atoms. The Morgan fingerprint density at radius 2 is 1.63 bits per heavy atom. The fraction of sp³-hybridized carbons (Fsp3) is 0.417. The Hall–Kier alpha value is -2.89. The molecule has 0 aromatic heterocycles. The largest absolute Gasteiger partial charge is 0.455 e. The van der Waals surface area contributed by atoms with Crippen molar-refractivity contribution in [2.45, 2.75) is 37.6 Å². The molecule has 0 spiro atoms. The maximum absolute atomic E-state index is 14.4. The number of hydrogen-bond donors (Lipinski definition) is 0. The molecule has 0 atom stereocenters. The summed E-state index contributed by atoms with van der Waals surface area (Å²) in [5.41, 5.74) is 1.44. The summed E-state index contributed by atoms with van der Waals surface area (Å²) >= 11 is 0. The number of carbonyl (C=O) groups is 2. The zero-order valence-corrected chi connectivity index (χ0v) is 17.9. The van der Waals surface area contributed by atoms with Gasteiger partial charge >= 0.3 is 5.97 Å². The molecule has 2 aromatic rings. The van der Waals surface area contributed by atoms with E-state index in [1.54, 1.807) is 25.2 Å². The van der Waals surface area contributed by atoms with Crippen LogP contribution < -0.4 is 4.90 Å². The van der Waals surface area contributed by atoms with Gasteiger partial charge in [-0.1, -0.05) is 43.2 Å². The maximum atomic E-state index is 14.4. The minimum absolute atomic E-state index is 0.290. The van der Waals surface area contributed by atoms with Crippen LogP contribution in [-0.4, -0.2) is 44.5 Å². The lowest BCUT2D eigenvalue weighted by Crippen LogP contribution is -2.38. The molecule has 30 heavy (non-hydrogen) atoms. The monoisotopic (exact) mass is 412 g/mol. The summed E-state index contributed by atoms with van der Waals surface area (Å²) in [6.07, 6.45) is 2.74. The van der Waals surface area contributed by atoms with Gasteiger partial charge in [-0.25, -0.2) is 4.39 Å². The van der Waals surface area contributed by atoms with E-state index in [1.807, 2.05) is 43.3 Å². The number of rotatable bonds is 7. The second-order valence-corrected chi connectivity index (χ2v) is 8.16. The maximum Gasteiger partial charge on any atom is 0.317 e. The summed E-state index contributed by atoms with van der Waals surface area (Å²) in [4.78, 5) is 29.0. The predicted molar refractivity (Wildman–Crippen MR) is 115 cm³/mol. The van der Waals surface area contributed by atoms with Crippen molar-refractivity contribution < 1.29 is 18.7 Å². The molecule has 0 saturated heterocycles. The van der Waals surface area contributed by atoms with Gasteiger partial charge in [0.15, 0.2) is 6.61 Å². The highest BCUT2D eigenvalue weighted by atomic mass is 19.1. The first-order valence-electron chi connectivity index (χ1n) is 10.3. The van der Waals surface area contributed by atoms with Crippen molar-refractivity contribution in [3.63, 3.8) is 0 Å². The number of esters is 1. The fourth-order valence-electron chi connectivity index (χ4n) is 4.05. The van der Waals surface area contributed by atoms with Crippen LogP contribution in [0.2, 0.25) is 0 Å². The van der Waals surface area contributed by atoms with E-state index in [0.29, 0.717) is 24.9 Å². The van der Waals surface area contributed by atoms with Gasteiger partial charge in [-0.05, 0) is 36.6 Å². The molecule has 0 heterocycles. The molecule has 1 aliphatic carbocycles. The number of ether oxygens (including phenoxy) is 1. The third kappa shape index (κ3) is 4.64. The van der Waals surface area contributed by atoms with Crippen LogP contribution in [0.3, 0.4) is 0 Å². The molecule has 1 amide bonds. The van der Waals surface area contributed by atoms with E-state index >= 15 is 0 Å². The number of hydrogen-bond acceptors (Lipinski definition) is 4. The zero-order chi connectivity index (χ0) is 21.7. The van der Waals surface area contributed by atoms with Crippen LogP contribution >= 0.6 is 0 Å². The SMILES string of the molecule is CN(Cc1ccc(N(C)C)cc1)C(=O)COC(=O)C1(c2ccccc2F)CCCC1. The summed E-state index contributed by atoms with van der Waals surface area (Å²) in [6.45, 7) is 0.0733. The van der Waals surface area contributed by atoms with Crippen molar-refractivity contribution in [1.29, 1.82) is 0 Å². The number of nitrogens with zero attached hydrogens (tertiary/aromatic N) is 2. The highest BCUT2D eigenvalue weighted by molar-refractivity contribution is 5.86. The molecule has 0 N–H and O–H groups in total. The van der Waals surface area contributed by atoms with Gasteiger partial charge in [-0.15, -0.1) is 0 Å². The van der Waals surface area contributed by atoms with Gasteiger partial charge in [0.25, 0.3) is 5.91 Å². The molecular formula is C24H29FN2O3. The summed E-state index contributed by atoms with van der Waals surface area (Å²) in [5.74, 6) is -1.20. The second-order valence-electron chi connectivity index (χ2n) is 8.16. The molecular weight excluding hydrogens is 383 g/mol. The Balaban J connectivity index is 1.61. The van der Waals surface area contributed by atoms with Crippen LogP contribution in [0.4, 0.5) is 10.1 Å². The summed E-state index contributed by atoms with van der Waals surface area (Å²) in [5, 5.41) is 0. The molecule has 160 valence electrons. The van der Waals surface area contributed by atoms with E-state index in [-0.39, 0.29) is 12.5 Å².